The van der Waals surface area contributed by atoms with Crippen LogP contribution in [0.1, 0.15) is 23.1 Å². The minimum atomic E-state index is 0.235. The molecular weight excluding hydrogens is 392 g/mol. The van der Waals surface area contributed by atoms with E-state index < -0.39 is 0 Å². The molecule has 0 saturated carbocycles. The summed E-state index contributed by atoms with van der Waals surface area (Å²) in [6.07, 6.45) is 1.05. The van der Waals surface area contributed by atoms with Gasteiger partial charge in [0.1, 0.15) is 37.7 Å². The molecule has 4 rings (SSSR count). The van der Waals surface area contributed by atoms with Crippen molar-refractivity contribution in [1.82, 2.24) is 9.88 Å². The molecule has 1 aliphatic rings. The summed E-state index contributed by atoms with van der Waals surface area (Å²) < 4.78 is 1.27. The first-order chi connectivity index (χ1) is 14.6. The van der Waals surface area contributed by atoms with Crippen LogP contribution in [-0.4, -0.2) is 55.6 Å². The van der Waals surface area contributed by atoms with E-state index in [0.717, 1.165) is 44.7 Å². The number of carbonyl (C=O) groups is 1. The number of aromatic nitrogens is 1. The van der Waals surface area contributed by atoms with Crippen molar-refractivity contribution in [3.8, 4) is 0 Å². The Morgan fingerprint density at radius 2 is 1.67 bits per heavy atom. The molecule has 1 aromatic heterocycles. The second kappa shape index (κ2) is 9.69. The molecule has 0 radical (unpaired) electrons. The van der Waals surface area contributed by atoms with Crippen LogP contribution in [0.2, 0.25) is 0 Å². The summed E-state index contributed by atoms with van der Waals surface area (Å²) in [5.41, 5.74) is 3.64. The zero-order chi connectivity index (χ0) is 20.9. The Kier molecular flexibility index (Phi) is 6.77. The minimum absolute atomic E-state index is 0.235. The zero-order valence-corrected chi connectivity index (χ0v) is 18.8. The highest BCUT2D eigenvalue weighted by Gasteiger charge is 2.26. The first-order valence-electron chi connectivity index (χ1n) is 10.9. The van der Waals surface area contributed by atoms with E-state index in [1.807, 2.05) is 23.3 Å². The van der Waals surface area contributed by atoms with Gasteiger partial charge >= 0.3 is 0 Å². The van der Waals surface area contributed by atoms with E-state index in [9.17, 15) is 4.79 Å². The third-order valence-corrected chi connectivity index (χ3v) is 7.12. The van der Waals surface area contributed by atoms with Gasteiger partial charge in [0, 0.05) is 13.6 Å². The first kappa shape index (κ1) is 21.0. The van der Waals surface area contributed by atoms with Gasteiger partial charge in [-0.2, -0.15) is 0 Å². The van der Waals surface area contributed by atoms with E-state index in [4.69, 9.17) is 4.98 Å². The van der Waals surface area contributed by atoms with Crippen LogP contribution >= 0.6 is 11.3 Å². The number of piperazine rings is 1. The molecule has 1 amide bonds. The number of amides is 1. The van der Waals surface area contributed by atoms with Crippen molar-refractivity contribution in [3.05, 3.63) is 64.7 Å². The molecule has 0 atom stereocenters. The summed E-state index contributed by atoms with van der Waals surface area (Å²) in [7, 11) is 1.92. The lowest BCUT2D eigenvalue weighted by atomic mass is 10.1. The second-order valence-corrected chi connectivity index (χ2v) is 9.46. The lowest BCUT2D eigenvalue weighted by Gasteiger charge is -2.30. The predicted molar refractivity (Wildman–Crippen MR) is 122 cm³/mol. The van der Waals surface area contributed by atoms with Crippen LogP contribution in [0.5, 0.6) is 0 Å². The molecule has 158 valence electrons. The highest BCUT2D eigenvalue weighted by atomic mass is 32.1. The van der Waals surface area contributed by atoms with Gasteiger partial charge in [-0.15, -0.1) is 11.3 Å². The van der Waals surface area contributed by atoms with Gasteiger partial charge in [-0.1, -0.05) is 43.3 Å². The van der Waals surface area contributed by atoms with E-state index in [0.29, 0.717) is 13.1 Å². The highest BCUT2D eigenvalue weighted by Crippen LogP contribution is 2.20. The van der Waals surface area contributed by atoms with E-state index >= 15 is 0 Å². The van der Waals surface area contributed by atoms with E-state index in [1.54, 1.807) is 4.90 Å². The lowest BCUT2D eigenvalue weighted by Crippen LogP contribution is -3.28. The van der Waals surface area contributed by atoms with Crippen LogP contribution in [-0.2, 0) is 24.3 Å². The number of nitrogens with zero attached hydrogens (tertiary/aromatic N) is 2. The average molecular weight is 425 g/mol. The van der Waals surface area contributed by atoms with Crippen LogP contribution in [0, 0.1) is 0 Å². The maximum atomic E-state index is 12.7. The third-order valence-electron chi connectivity index (χ3n) is 6.08. The number of hydrogen-bond acceptors (Lipinski definition) is 3. The second-order valence-electron chi connectivity index (χ2n) is 8.35. The Bertz CT molecular complexity index is 943. The van der Waals surface area contributed by atoms with E-state index in [1.165, 1.54) is 25.7 Å². The molecule has 0 bridgehead atoms. The predicted octanol–water partition coefficient (Wildman–Crippen LogP) is 0.801. The van der Waals surface area contributed by atoms with Crippen molar-refractivity contribution >= 4 is 27.5 Å². The van der Waals surface area contributed by atoms with Gasteiger partial charge < -0.3 is 14.7 Å². The Morgan fingerprint density at radius 1 is 1.00 bits per heavy atom. The van der Waals surface area contributed by atoms with Crippen molar-refractivity contribution in [2.45, 2.75) is 26.4 Å². The molecule has 1 aliphatic heterocycles. The van der Waals surface area contributed by atoms with Gasteiger partial charge in [0.15, 0.2) is 6.54 Å². The Labute approximate surface area is 182 Å². The highest BCUT2D eigenvalue weighted by molar-refractivity contribution is 7.18. The molecule has 2 heterocycles. The van der Waals surface area contributed by atoms with Crippen LogP contribution in [0.15, 0.2) is 48.5 Å². The lowest BCUT2D eigenvalue weighted by molar-refractivity contribution is -1.02. The number of para-hydroxylation sites is 1. The normalized spacial score (nSPS) is 19.1. The fourth-order valence-electron chi connectivity index (χ4n) is 4.11. The van der Waals surface area contributed by atoms with Gasteiger partial charge in [-0.25, -0.2) is 4.98 Å². The third kappa shape index (κ3) is 5.25. The van der Waals surface area contributed by atoms with Crippen molar-refractivity contribution in [2.24, 2.45) is 0 Å². The number of hydrogen-bond donors (Lipinski definition) is 2. The number of carbonyl (C=O) groups excluding carboxylic acids is 1. The van der Waals surface area contributed by atoms with E-state index in [-0.39, 0.29) is 5.91 Å². The molecule has 2 N–H and O–H groups in total. The smallest absolute Gasteiger partial charge is 0.277 e. The Hall–Kier alpha value is -2.28. The van der Waals surface area contributed by atoms with Gasteiger partial charge in [-0.3, -0.25) is 4.79 Å². The molecule has 30 heavy (non-hydrogen) atoms. The molecular formula is C24H32N4OS+2. The Balaban J connectivity index is 1.23. The topological polar surface area (TPSA) is 42.1 Å². The quantitative estimate of drug-likeness (QED) is 0.589. The molecule has 0 spiro atoms. The summed E-state index contributed by atoms with van der Waals surface area (Å²) >= 11 is 1.81. The standard InChI is InChI=1S/C24H30N4OS/c1-3-19-8-10-20(11-9-19)16-26(2)24(29)18-28-14-12-27(13-15-28)17-23-25-21-6-4-5-7-22(21)30-23/h4-11H,3,12-18H2,1-2H3/p+2. The number of likely N-dealkylation sites (N-methyl/N-ethyl adjacent to an activating group) is 1. The fourth-order valence-corrected chi connectivity index (χ4v) is 5.15. The van der Waals surface area contributed by atoms with Gasteiger partial charge in [0.05, 0.1) is 10.2 Å². The number of rotatable bonds is 7. The molecule has 2 aromatic carbocycles. The van der Waals surface area contributed by atoms with Gasteiger partial charge in [0.25, 0.3) is 5.91 Å². The van der Waals surface area contributed by atoms with Crippen LogP contribution in [0.25, 0.3) is 10.2 Å². The average Bonchev–Trinajstić information content (AvgIpc) is 3.18. The minimum Gasteiger partial charge on any atom is -0.337 e. The van der Waals surface area contributed by atoms with Gasteiger partial charge in [-0.05, 0) is 29.7 Å². The Morgan fingerprint density at radius 3 is 2.37 bits per heavy atom. The van der Waals surface area contributed by atoms with Crippen molar-refractivity contribution in [3.63, 3.8) is 0 Å². The molecule has 3 aromatic rings. The van der Waals surface area contributed by atoms with Gasteiger partial charge in [0.2, 0.25) is 0 Å². The van der Waals surface area contributed by atoms with Crippen molar-refractivity contribution in [1.29, 1.82) is 0 Å². The summed E-state index contributed by atoms with van der Waals surface area (Å²) in [6, 6.07) is 17.0. The monoisotopic (exact) mass is 424 g/mol. The summed E-state index contributed by atoms with van der Waals surface area (Å²) in [5, 5.41) is 1.22. The van der Waals surface area contributed by atoms with E-state index in [2.05, 4.69) is 55.5 Å². The summed E-state index contributed by atoms with van der Waals surface area (Å²) in [6.45, 7) is 8.72. The molecule has 5 nitrogen and oxygen atoms in total. The number of quaternary nitrogens is 2. The number of fused-ring (bicyclic) bond motifs is 1. The van der Waals surface area contributed by atoms with Crippen molar-refractivity contribution in [2.75, 3.05) is 39.8 Å². The first-order valence-corrected chi connectivity index (χ1v) is 11.8. The molecule has 1 saturated heterocycles. The fraction of sp³-hybridized carbons (Fsp3) is 0.417. The maximum absolute atomic E-state index is 12.7. The molecule has 0 aliphatic carbocycles. The maximum Gasteiger partial charge on any atom is 0.277 e. The number of aryl methyl sites for hydroxylation is 1. The van der Waals surface area contributed by atoms with Crippen molar-refractivity contribution < 1.29 is 14.6 Å². The number of benzene rings is 2. The number of thiazole rings is 1. The largest absolute Gasteiger partial charge is 0.337 e. The summed E-state index contributed by atoms with van der Waals surface area (Å²) in [5.74, 6) is 0.235. The molecule has 6 heteroatoms. The summed E-state index contributed by atoms with van der Waals surface area (Å²) in [4.78, 5) is 22.3. The zero-order valence-electron chi connectivity index (χ0n) is 18.0. The molecule has 0 unspecified atom stereocenters. The number of nitrogens with one attached hydrogen (secondary N) is 2. The van der Waals surface area contributed by atoms with Crippen LogP contribution < -0.4 is 9.80 Å². The van der Waals surface area contributed by atoms with Crippen LogP contribution in [0.4, 0.5) is 0 Å². The molecule has 1 fully saturated rings. The van der Waals surface area contributed by atoms with Crippen LogP contribution in [0.3, 0.4) is 0 Å². The SMILES string of the molecule is CCc1ccc(CN(C)C(=O)C[NH+]2CC[NH+](Cc3nc4ccccc4s3)CC2)cc1.